The lowest BCUT2D eigenvalue weighted by molar-refractivity contribution is 1.11. The van der Waals surface area contributed by atoms with Crippen LogP contribution in [0.3, 0.4) is 0 Å². The Morgan fingerprint density at radius 1 is 1.05 bits per heavy atom. The van der Waals surface area contributed by atoms with Gasteiger partial charge in [-0.2, -0.15) is 0 Å². The van der Waals surface area contributed by atoms with Gasteiger partial charge < -0.3 is 5.73 Å². The molecule has 0 bridgehead atoms. The highest BCUT2D eigenvalue weighted by Crippen LogP contribution is 2.25. The average Bonchev–Trinajstić information content (AvgIpc) is 2.94. The maximum absolute atomic E-state index is 6.01. The average molecular weight is 275 g/mol. The minimum atomic E-state index is 0.725. The molecule has 0 unspecified atom stereocenters. The van der Waals surface area contributed by atoms with Gasteiger partial charge in [-0.3, -0.25) is 9.38 Å². The van der Waals surface area contributed by atoms with Crippen molar-refractivity contribution in [1.82, 2.24) is 19.6 Å². The first kappa shape index (κ1) is 11.8. The Hall–Kier alpha value is -2.95. The summed E-state index contributed by atoms with van der Waals surface area (Å²) in [5.74, 6) is 0.773. The van der Waals surface area contributed by atoms with Crippen LogP contribution in [0, 0.1) is 6.92 Å². The van der Waals surface area contributed by atoms with Crippen LogP contribution in [0.25, 0.3) is 28.1 Å². The highest BCUT2D eigenvalue weighted by atomic mass is 15.3. The number of fused-ring (bicyclic) bond motifs is 3. The van der Waals surface area contributed by atoms with E-state index in [1.807, 2.05) is 53.8 Å². The van der Waals surface area contributed by atoms with Gasteiger partial charge in [0, 0.05) is 11.3 Å². The lowest BCUT2D eigenvalue weighted by atomic mass is 10.1. The Bertz CT molecular complexity index is 971. The fourth-order valence-corrected chi connectivity index (χ4v) is 2.47. The first-order valence-electron chi connectivity index (χ1n) is 6.69. The van der Waals surface area contributed by atoms with Gasteiger partial charge in [0.25, 0.3) is 0 Å². The molecular formula is C16H13N5. The number of aromatic nitrogens is 4. The summed E-state index contributed by atoms with van der Waals surface area (Å²) in [5.41, 5.74) is 11.4. The highest BCUT2D eigenvalue weighted by Gasteiger charge is 2.12. The number of rotatable bonds is 1. The van der Waals surface area contributed by atoms with E-state index in [4.69, 9.17) is 5.73 Å². The number of anilines is 1. The van der Waals surface area contributed by atoms with Gasteiger partial charge in [-0.1, -0.05) is 24.3 Å². The van der Waals surface area contributed by atoms with Crippen molar-refractivity contribution in [3.05, 3.63) is 54.2 Å². The number of nitrogen functional groups attached to an aromatic ring is 1. The molecule has 0 aliphatic heterocycles. The molecule has 2 N–H and O–H groups in total. The van der Waals surface area contributed by atoms with Gasteiger partial charge in [0.05, 0.1) is 17.2 Å². The molecule has 0 saturated carbocycles. The van der Waals surface area contributed by atoms with Crippen molar-refractivity contribution in [1.29, 1.82) is 0 Å². The lowest BCUT2D eigenvalue weighted by Crippen LogP contribution is -1.95. The molecule has 5 heteroatoms. The van der Waals surface area contributed by atoms with Crippen LogP contribution in [0.4, 0.5) is 5.69 Å². The molecule has 0 fully saturated rings. The summed E-state index contributed by atoms with van der Waals surface area (Å²) in [7, 11) is 0. The summed E-state index contributed by atoms with van der Waals surface area (Å²) in [6, 6.07) is 13.9. The Balaban J connectivity index is 2.09. The summed E-state index contributed by atoms with van der Waals surface area (Å²) in [4.78, 5) is 4.40. The van der Waals surface area contributed by atoms with Crippen LogP contribution in [0.5, 0.6) is 0 Å². The maximum Gasteiger partial charge on any atom is 0.180 e. The van der Waals surface area contributed by atoms with E-state index >= 15 is 0 Å². The van der Waals surface area contributed by atoms with Crippen LogP contribution in [0.2, 0.25) is 0 Å². The van der Waals surface area contributed by atoms with Crippen molar-refractivity contribution in [3.63, 3.8) is 0 Å². The minimum Gasteiger partial charge on any atom is -0.398 e. The van der Waals surface area contributed by atoms with Crippen molar-refractivity contribution in [2.75, 3.05) is 5.73 Å². The third-order valence-electron chi connectivity index (χ3n) is 3.67. The van der Waals surface area contributed by atoms with Crippen LogP contribution in [-0.4, -0.2) is 19.6 Å². The summed E-state index contributed by atoms with van der Waals surface area (Å²) < 4.78 is 2.01. The molecule has 0 aliphatic rings. The molecule has 0 amide bonds. The second kappa shape index (κ2) is 4.28. The molecule has 4 aromatic rings. The highest BCUT2D eigenvalue weighted by molar-refractivity contribution is 5.80. The summed E-state index contributed by atoms with van der Waals surface area (Å²) in [5, 5.41) is 8.51. The van der Waals surface area contributed by atoms with Gasteiger partial charge in [-0.05, 0) is 30.7 Å². The number of aryl methyl sites for hydroxylation is 1. The number of benzene rings is 2. The molecule has 21 heavy (non-hydrogen) atoms. The van der Waals surface area contributed by atoms with E-state index in [1.165, 1.54) is 0 Å². The number of nitrogens with two attached hydrogens (primary N) is 1. The molecule has 0 saturated heterocycles. The van der Waals surface area contributed by atoms with Crippen molar-refractivity contribution < 1.29 is 0 Å². The van der Waals surface area contributed by atoms with Gasteiger partial charge in [0.15, 0.2) is 11.5 Å². The Morgan fingerprint density at radius 3 is 2.76 bits per heavy atom. The minimum absolute atomic E-state index is 0.725. The van der Waals surface area contributed by atoms with Gasteiger partial charge in [-0.25, -0.2) is 0 Å². The number of hydrogen-bond acceptors (Lipinski definition) is 4. The zero-order valence-electron chi connectivity index (χ0n) is 11.5. The first-order chi connectivity index (χ1) is 10.2. The van der Waals surface area contributed by atoms with Crippen molar-refractivity contribution >= 4 is 22.4 Å². The van der Waals surface area contributed by atoms with Gasteiger partial charge in [-0.15, -0.1) is 10.2 Å². The predicted molar refractivity (Wildman–Crippen MR) is 82.9 cm³/mol. The number of hydrogen-bond donors (Lipinski definition) is 1. The van der Waals surface area contributed by atoms with E-state index in [2.05, 4.69) is 15.2 Å². The standard InChI is InChI=1S/C16H13N5/c1-10-6-7-11(8-12(10)17)16-20-19-15-9-18-13-4-2-3-5-14(13)21(15)16/h2-9H,17H2,1H3. The molecule has 2 aromatic carbocycles. The molecule has 0 aliphatic carbocycles. The van der Waals surface area contributed by atoms with E-state index in [-0.39, 0.29) is 0 Å². The summed E-state index contributed by atoms with van der Waals surface area (Å²) >= 11 is 0. The number of para-hydroxylation sites is 2. The normalized spacial score (nSPS) is 11.3. The lowest BCUT2D eigenvalue weighted by Gasteiger charge is -2.06. The van der Waals surface area contributed by atoms with E-state index < -0.39 is 0 Å². The second-order valence-electron chi connectivity index (χ2n) is 5.04. The van der Waals surface area contributed by atoms with Crippen LogP contribution in [-0.2, 0) is 0 Å². The zero-order valence-corrected chi connectivity index (χ0v) is 11.5. The summed E-state index contributed by atoms with van der Waals surface area (Å²) in [6.45, 7) is 1.99. The Kier molecular flexibility index (Phi) is 2.41. The van der Waals surface area contributed by atoms with Crippen molar-refractivity contribution in [3.8, 4) is 11.4 Å². The molecule has 5 nitrogen and oxygen atoms in total. The monoisotopic (exact) mass is 275 g/mol. The van der Waals surface area contributed by atoms with Crippen molar-refractivity contribution in [2.24, 2.45) is 0 Å². The first-order valence-corrected chi connectivity index (χ1v) is 6.69. The topological polar surface area (TPSA) is 69.1 Å². The molecule has 102 valence electrons. The Labute approximate surface area is 121 Å². The predicted octanol–water partition coefficient (Wildman–Crippen LogP) is 2.84. The molecule has 2 aromatic heterocycles. The number of nitrogens with zero attached hydrogens (tertiary/aromatic N) is 4. The van der Waals surface area contributed by atoms with E-state index in [9.17, 15) is 0 Å². The quantitative estimate of drug-likeness (QED) is 0.542. The van der Waals surface area contributed by atoms with E-state index in [0.717, 1.165) is 39.3 Å². The zero-order chi connectivity index (χ0) is 14.4. The largest absolute Gasteiger partial charge is 0.398 e. The third kappa shape index (κ3) is 1.74. The van der Waals surface area contributed by atoms with E-state index in [0.29, 0.717) is 0 Å². The smallest absolute Gasteiger partial charge is 0.180 e. The van der Waals surface area contributed by atoms with Gasteiger partial charge >= 0.3 is 0 Å². The van der Waals surface area contributed by atoms with Crippen molar-refractivity contribution in [2.45, 2.75) is 6.92 Å². The SMILES string of the molecule is Cc1ccc(-c2nnc3cnc4ccccc4n23)cc1N. The fourth-order valence-electron chi connectivity index (χ4n) is 2.47. The van der Waals surface area contributed by atoms with Gasteiger partial charge in [0.1, 0.15) is 0 Å². The molecule has 0 atom stereocenters. The van der Waals surface area contributed by atoms with Crippen LogP contribution in [0.1, 0.15) is 5.56 Å². The van der Waals surface area contributed by atoms with Gasteiger partial charge in [0.2, 0.25) is 0 Å². The molecule has 2 heterocycles. The van der Waals surface area contributed by atoms with Crippen LogP contribution >= 0.6 is 0 Å². The van der Waals surface area contributed by atoms with Crippen LogP contribution in [0.15, 0.2) is 48.7 Å². The molecule has 4 rings (SSSR count). The second-order valence-corrected chi connectivity index (χ2v) is 5.04. The molecule has 0 spiro atoms. The Morgan fingerprint density at radius 2 is 1.90 bits per heavy atom. The fraction of sp³-hybridized carbons (Fsp3) is 0.0625. The molecule has 0 radical (unpaired) electrons. The molecular weight excluding hydrogens is 262 g/mol. The summed E-state index contributed by atoms with van der Waals surface area (Å²) in [6.07, 6.45) is 1.73. The van der Waals surface area contributed by atoms with Crippen LogP contribution < -0.4 is 5.73 Å². The third-order valence-corrected chi connectivity index (χ3v) is 3.67. The van der Waals surface area contributed by atoms with E-state index in [1.54, 1.807) is 6.20 Å². The maximum atomic E-state index is 6.01.